The molecule has 1 saturated carbocycles. The maximum absolute atomic E-state index is 13.5. The summed E-state index contributed by atoms with van der Waals surface area (Å²) in [6, 6.07) is 4.67. The number of ether oxygens (including phenoxy) is 1. The first-order chi connectivity index (χ1) is 8.46. The first-order valence-corrected chi connectivity index (χ1v) is 5.83. The van der Waals surface area contributed by atoms with Crippen molar-refractivity contribution in [3.8, 4) is 5.75 Å². The van der Waals surface area contributed by atoms with E-state index in [4.69, 9.17) is 10.5 Å². The van der Waals surface area contributed by atoms with Crippen molar-refractivity contribution < 1.29 is 13.9 Å². The second-order valence-corrected chi connectivity index (χ2v) is 4.79. The van der Waals surface area contributed by atoms with Gasteiger partial charge in [-0.2, -0.15) is 0 Å². The number of carbonyl (C=O) groups excluding carboxylic acids is 1. The van der Waals surface area contributed by atoms with E-state index < -0.39 is 11.4 Å². The normalized spacial score (nSPS) is 16.2. The molecule has 0 aromatic heterocycles. The minimum Gasteiger partial charge on any atom is -0.494 e. The van der Waals surface area contributed by atoms with Crippen LogP contribution in [0.5, 0.6) is 5.75 Å². The number of hydrogen-bond donors (Lipinski definition) is 1. The minimum atomic E-state index is -0.681. The number of halogens is 1. The molecule has 0 heterocycles. The summed E-state index contributed by atoms with van der Waals surface area (Å²) in [7, 11) is 3.09. The standard InChI is InChI=1S/C13H17FN2O2/c1-16(12(17)13(15)5-6-13)8-9-3-4-11(18-2)10(14)7-9/h3-4,7H,5-6,8,15H2,1-2H3. The van der Waals surface area contributed by atoms with E-state index in [1.165, 1.54) is 18.1 Å². The molecular weight excluding hydrogens is 235 g/mol. The molecule has 5 heteroatoms. The van der Waals surface area contributed by atoms with E-state index in [9.17, 15) is 9.18 Å². The van der Waals surface area contributed by atoms with E-state index in [1.807, 2.05) is 0 Å². The number of nitrogens with two attached hydrogens (primary N) is 1. The summed E-state index contributed by atoms with van der Waals surface area (Å²) in [5.41, 5.74) is 5.87. The second kappa shape index (κ2) is 4.57. The van der Waals surface area contributed by atoms with E-state index in [0.717, 1.165) is 12.8 Å². The third-order valence-electron chi connectivity index (χ3n) is 3.20. The Morgan fingerprint density at radius 3 is 2.72 bits per heavy atom. The van der Waals surface area contributed by atoms with E-state index in [1.54, 1.807) is 19.2 Å². The lowest BCUT2D eigenvalue weighted by atomic mass is 10.1. The molecule has 0 radical (unpaired) electrons. The SMILES string of the molecule is COc1ccc(CN(C)C(=O)C2(N)CC2)cc1F. The molecule has 1 aromatic carbocycles. The fourth-order valence-electron chi connectivity index (χ4n) is 1.88. The number of rotatable bonds is 4. The highest BCUT2D eigenvalue weighted by molar-refractivity contribution is 5.88. The average Bonchev–Trinajstić information content (AvgIpc) is 3.08. The highest BCUT2D eigenvalue weighted by atomic mass is 19.1. The van der Waals surface area contributed by atoms with E-state index in [-0.39, 0.29) is 11.7 Å². The summed E-state index contributed by atoms with van der Waals surface area (Å²) in [5.74, 6) is -0.311. The van der Waals surface area contributed by atoms with Crippen molar-refractivity contribution in [1.29, 1.82) is 0 Å². The molecule has 0 bridgehead atoms. The summed E-state index contributed by atoms with van der Waals surface area (Å²) >= 11 is 0. The van der Waals surface area contributed by atoms with Crippen molar-refractivity contribution >= 4 is 5.91 Å². The highest BCUT2D eigenvalue weighted by Gasteiger charge is 2.47. The Morgan fingerprint density at radius 2 is 2.22 bits per heavy atom. The van der Waals surface area contributed by atoms with Gasteiger partial charge in [0.2, 0.25) is 5.91 Å². The number of methoxy groups -OCH3 is 1. The smallest absolute Gasteiger partial charge is 0.242 e. The number of carbonyl (C=O) groups is 1. The molecule has 98 valence electrons. The second-order valence-electron chi connectivity index (χ2n) is 4.79. The van der Waals surface area contributed by atoms with Crippen LogP contribution in [0.15, 0.2) is 18.2 Å². The maximum atomic E-state index is 13.5. The highest BCUT2D eigenvalue weighted by Crippen LogP contribution is 2.34. The zero-order valence-electron chi connectivity index (χ0n) is 10.6. The van der Waals surface area contributed by atoms with Crippen molar-refractivity contribution in [3.05, 3.63) is 29.6 Å². The van der Waals surface area contributed by atoms with Gasteiger partial charge in [0.15, 0.2) is 11.6 Å². The molecule has 0 saturated heterocycles. The lowest BCUT2D eigenvalue weighted by Gasteiger charge is -2.21. The quantitative estimate of drug-likeness (QED) is 0.878. The minimum absolute atomic E-state index is 0.0845. The van der Waals surface area contributed by atoms with Gasteiger partial charge in [0.1, 0.15) is 0 Å². The van der Waals surface area contributed by atoms with Gasteiger partial charge in [-0.3, -0.25) is 4.79 Å². The van der Waals surface area contributed by atoms with Gasteiger partial charge in [-0.15, -0.1) is 0 Å². The van der Waals surface area contributed by atoms with Crippen LogP contribution in [0.2, 0.25) is 0 Å². The van der Waals surface area contributed by atoms with Gasteiger partial charge in [0, 0.05) is 13.6 Å². The van der Waals surface area contributed by atoms with Gasteiger partial charge in [-0.1, -0.05) is 6.07 Å². The predicted octanol–water partition coefficient (Wildman–Crippen LogP) is 1.28. The summed E-state index contributed by atoms with van der Waals surface area (Å²) in [4.78, 5) is 13.5. The third kappa shape index (κ3) is 2.46. The van der Waals surface area contributed by atoms with Gasteiger partial charge < -0.3 is 15.4 Å². The zero-order valence-corrected chi connectivity index (χ0v) is 10.6. The van der Waals surface area contributed by atoms with E-state index in [2.05, 4.69) is 0 Å². The molecule has 1 fully saturated rings. The molecule has 1 aliphatic rings. The van der Waals surface area contributed by atoms with Gasteiger partial charge in [-0.25, -0.2) is 4.39 Å². The summed E-state index contributed by atoms with van der Waals surface area (Å²) in [5, 5.41) is 0. The molecule has 0 unspecified atom stereocenters. The van der Waals surface area contributed by atoms with Gasteiger partial charge >= 0.3 is 0 Å². The van der Waals surface area contributed by atoms with Crippen molar-refractivity contribution in [2.75, 3.05) is 14.2 Å². The largest absolute Gasteiger partial charge is 0.494 e. The van der Waals surface area contributed by atoms with Crippen LogP contribution in [0, 0.1) is 5.82 Å². The Balaban J connectivity index is 2.05. The van der Waals surface area contributed by atoms with Crippen molar-refractivity contribution in [2.45, 2.75) is 24.9 Å². The Bertz CT molecular complexity index is 472. The number of nitrogens with zero attached hydrogens (tertiary/aromatic N) is 1. The Hall–Kier alpha value is -1.62. The maximum Gasteiger partial charge on any atom is 0.242 e. The molecule has 1 amide bonds. The Kier molecular flexibility index (Phi) is 3.26. The van der Waals surface area contributed by atoms with Crippen LogP contribution in [0.1, 0.15) is 18.4 Å². The number of likely N-dealkylation sites (N-methyl/N-ethyl adjacent to an activating group) is 1. The lowest BCUT2D eigenvalue weighted by Crippen LogP contribution is -2.43. The van der Waals surface area contributed by atoms with Crippen molar-refractivity contribution in [1.82, 2.24) is 4.90 Å². The molecule has 2 rings (SSSR count). The number of benzene rings is 1. The number of hydrogen-bond acceptors (Lipinski definition) is 3. The third-order valence-corrected chi connectivity index (χ3v) is 3.20. The summed E-state index contributed by atoms with van der Waals surface area (Å²) in [6.07, 6.45) is 1.46. The van der Waals surface area contributed by atoms with E-state index in [0.29, 0.717) is 12.1 Å². The fourth-order valence-corrected chi connectivity index (χ4v) is 1.88. The molecule has 0 aliphatic heterocycles. The number of amides is 1. The zero-order chi connectivity index (χ0) is 13.3. The van der Waals surface area contributed by atoms with Crippen LogP contribution in [0.3, 0.4) is 0 Å². The van der Waals surface area contributed by atoms with Crippen LogP contribution in [-0.2, 0) is 11.3 Å². The van der Waals surface area contributed by atoms with Crippen LogP contribution in [-0.4, -0.2) is 30.5 Å². The van der Waals surface area contributed by atoms with Crippen LogP contribution in [0.4, 0.5) is 4.39 Å². The van der Waals surface area contributed by atoms with Gasteiger partial charge in [-0.05, 0) is 30.5 Å². The molecule has 1 aromatic rings. The monoisotopic (exact) mass is 252 g/mol. The molecule has 4 nitrogen and oxygen atoms in total. The average molecular weight is 252 g/mol. The molecule has 18 heavy (non-hydrogen) atoms. The summed E-state index contributed by atoms with van der Waals surface area (Å²) < 4.78 is 18.3. The first-order valence-electron chi connectivity index (χ1n) is 5.83. The molecule has 2 N–H and O–H groups in total. The Labute approximate surface area is 106 Å². The topological polar surface area (TPSA) is 55.6 Å². The summed E-state index contributed by atoms with van der Waals surface area (Å²) in [6.45, 7) is 0.346. The first kappa shape index (κ1) is 12.8. The van der Waals surface area contributed by atoms with Crippen molar-refractivity contribution in [3.63, 3.8) is 0 Å². The lowest BCUT2D eigenvalue weighted by molar-refractivity contribution is -0.132. The van der Waals surface area contributed by atoms with Crippen LogP contribution >= 0.6 is 0 Å². The van der Waals surface area contributed by atoms with Crippen LogP contribution in [0.25, 0.3) is 0 Å². The Morgan fingerprint density at radius 1 is 1.56 bits per heavy atom. The molecule has 0 spiro atoms. The fraction of sp³-hybridized carbons (Fsp3) is 0.462. The van der Waals surface area contributed by atoms with Crippen LogP contribution < -0.4 is 10.5 Å². The van der Waals surface area contributed by atoms with Gasteiger partial charge in [0.05, 0.1) is 12.6 Å². The predicted molar refractivity (Wildman–Crippen MR) is 65.6 cm³/mol. The molecule has 1 aliphatic carbocycles. The molecule has 0 atom stereocenters. The van der Waals surface area contributed by atoms with Crippen molar-refractivity contribution in [2.24, 2.45) is 5.73 Å². The van der Waals surface area contributed by atoms with Gasteiger partial charge in [0.25, 0.3) is 0 Å². The molecular formula is C13H17FN2O2. The van der Waals surface area contributed by atoms with E-state index >= 15 is 0 Å².